The van der Waals surface area contributed by atoms with Gasteiger partial charge in [0.05, 0.1) is 0 Å². The first-order valence-corrected chi connectivity index (χ1v) is 18.3. The van der Waals surface area contributed by atoms with Crippen molar-refractivity contribution in [2.45, 2.75) is 148 Å². The van der Waals surface area contributed by atoms with Crippen molar-refractivity contribution in [1.82, 2.24) is 9.97 Å². The summed E-state index contributed by atoms with van der Waals surface area (Å²) in [5, 5.41) is 0. The van der Waals surface area contributed by atoms with Crippen LogP contribution >= 0.6 is 0 Å². The van der Waals surface area contributed by atoms with Crippen LogP contribution in [0.1, 0.15) is 51.0 Å². The predicted octanol–water partition coefficient (Wildman–Crippen LogP) is 15.0. The Bertz CT molecular complexity index is 2070. The van der Waals surface area contributed by atoms with Crippen molar-refractivity contribution in [3.63, 3.8) is 0 Å². The van der Waals surface area contributed by atoms with Gasteiger partial charge in [-0.3, -0.25) is 0 Å². The fraction of sp³-hybridized carbons (Fsp3) is 0.706. The van der Waals surface area contributed by atoms with Crippen LogP contribution in [-0.4, -0.2) is 106 Å². The first-order valence-electron chi connectivity index (χ1n) is 18.3. The van der Waals surface area contributed by atoms with Crippen LogP contribution in [0.4, 0.5) is 140 Å². The third kappa shape index (κ3) is 10.7. The van der Waals surface area contributed by atoms with Gasteiger partial charge in [-0.1, -0.05) is 39.0 Å². The first kappa shape index (κ1) is 62.9. The van der Waals surface area contributed by atoms with E-state index in [1.165, 1.54) is 12.4 Å². The quantitative estimate of drug-likeness (QED) is 0.0694. The normalized spacial score (nSPS) is 15.8. The molecule has 0 aliphatic rings. The van der Waals surface area contributed by atoms with Gasteiger partial charge in [0.15, 0.2) is 5.82 Å². The number of benzene rings is 1. The minimum absolute atomic E-state index is 0.164. The Hall–Kier alpha value is -4.22. The standard InChI is InChI=1S/C34H24F32N2O3/c1-2-3-4-5-6-7-8-15-13-67-18(68-14-15)16-9-11-17(12-10-16)69-19(35)20(36,37)21(38,39)22(40,41)23(42,43)24(44,45)25(46,47)26(48,49)28(52,53)31(59,60)70-33(63,64)34(65,66)71-32(61,62)29(54,55)27(50,51)30(56,57)58/h9-14,19H,2-8H2,1H3. The van der Waals surface area contributed by atoms with E-state index in [0.29, 0.717) is 30.5 Å². The molecule has 37 heteroatoms. The molecule has 412 valence electrons. The molecule has 0 fully saturated rings. The SMILES string of the molecule is CCCCCCCCc1cnc(-c2ccc(OC(F)C(F)(F)C(F)(F)C(F)(F)C(F)(F)C(F)(F)C(F)(F)C(F)(F)C(F)(F)C(F)(F)OC(F)(F)C(F)(F)OC(F)(F)C(F)(F)C(F)(F)C(F)(F)F)cc2)nc1. The summed E-state index contributed by atoms with van der Waals surface area (Å²) in [6, 6.07) is 1.90. The molecule has 0 bridgehead atoms. The minimum Gasteiger partial charge on any atom is -0.454 e. The predicted molar refractivity (Wildman–Crippen MR) is 168 cm³/mol. The molecule has 1 aromatic carbocycles. The number of aromatic nitrogens is 2. The maximum Gasteiger partial charge on any atom is 0.460 e. The maximum atomic E-state index is 14.4. The van der Waals surface area contributed by atoms with Gasteiger partial charge in [0, 0.05) is 18.0 Å². The lowest BCUT2D eigenvalue weighted by atomic mass is 9.87. The van der Waals surface area contributed by atoms with Gasteiger partial charge in [-0.05, 0) is 42.7 Å². The van der Waals surface area contributed by atoms with Gasteiger partial charge in [-0.15, -0.1) is 0 Å². The molecule has 1 aromatic heterocycles. The van der Waals surface area contributed by atoms with Crippen molar-refractivity contribution >= 4 is 0 Å². The molecule has 0 saturated carbocycles. The fourth-order valence-corrected chi connectivity index (χ4v) is 5.07. The molecule has 5 nitrogen and oxygen atoms in total. The summed E-state index contributed by atoms with van der Waals surface area (Å²) in [5.41, 5.74) is 0.420. The highest BCUT2D eigenvalue weighted by Crippen LogP contribution is 2.66. The maximum absolute atomic E-state index is 14.4. The molecular formula is C34H24F32N2O3. The Balaban J connectivity index is 2.43. The Labute approximate surface area is 372 Å². The van der Waals surface area contributed by atoms with E-state index >= 15 is 0 Å². The molecule has 0 amide bonds. The van der Waals surface area contributed by atoms with Gasteiger partial charge in [-0.2, -0.15) is 140 Å². The number of hydrogen-bond acceptors (Lipinski definition) is 5. The number of unbranched alkanes of at least 4 members (excludes halogenated alkanes) is 5. The third-order valence-corrected chi connectivity index (χ3v) is 9.28. The van der Waals surface area contributed by atoms with Crippen molar-refractivity contribution in [3.05, 3.63) is 42.2 Å². The molecule has 1 atom stereocenters. The number of ether oxygens (including phenoxy) is 3. The van der Waals surface area contributed by atoms with Gasteiger partial charge >= 0.3 is 96.2 Å². The third-order valence-electron chi connectivity index (χ3n) is 9.28. The summed E-state index contributed by atoms with van der Waals surface area (Å²) in [5.74, 6) is -93.3. The molecule has 0 saturated heterocycles. The monoisotopic (exact) mass is 1120 g/mol. The Morgan fingerprint density at radius 2 is 0.746 bits per heavy atom. The van der Waals surface area contributed by atoms with Crippen molar-refractivity contribution in [2.75, 3.05) is 0 Å². The van der Waals surface area contributed by atoms with E-state index in [4.69, 9.17) is 0 Å². The van der Waals surface area contributed by atoms with Crippen molar-refractivity contribution in [2.24, 2.45) is 0 Å². The Kier molecular flexibility index (Phi) is 17.3. The molecule has 0 radical (unpaired) electrons. The van der Waals surface area contributed by atoms with Crippen molar-refractivity contribution in [3.8, 4) is 17.1 Å². The lowest BCUT2D eigenvalue weighted by Gasteiger charge is -2.44. The van der Waals surface area contributed by atoms with Gasteiger partial charge < -0.3 is 4.74 Å². The van der Waals surface area contributed by atoms with Gasteiger partial charge in [-0.25, -0.2) is 19.4 Å². The van der Waals surface area contributed by atoms with Crippen LogP contribution in [-0.2, 0) is 15.9 Å². The van der Waals surface area contributed by atoms with E-state index in [9.17, 15) is 140 Å². The topological polar surface area (TPSA) is 53.5 Å². The van der Waals surface area contributed by atoms with Crippen LogP contribution in [0.25, 0.3) is 11.4 Å². The van der Waals surface area contributed by atoms with E-state index in [2.05, 4.69) is 14.7 Å². The van der Waals surface area contributed by atoms with E-state index in [0.717, 1.165) is 41.6 Å². The summed E-state index contributed by atoms with van der Waals surface area (Å²) in [4.78, 5) is 7.84. The second-order valence-electron chi connectivity index (χ2n) is 14.5. The van der Waals surface area contributed by atoms with Gasteiger partial charge in [0.25, 0.3) is 0 Å². The molecule has 1 heterocycles. The number of aryl methyl sites for hydroxylation is 1. The highest BCUT2D eigenvalue weighted by atomic mass is 19.4. The molecule has 0 aliphatic carbocycles. The zero-order chi connectivity index (χ0) is 56.1. The van der Waals surface area contributed by atoms with Crippen LogP contribution in [0.3, 0.4) is 0 Å². The number of hydrogen-bond donors (Lipinski definition) is 0. The molecular weight excluding hydrogens is 1090 g/mol. The van der Waals surface area contributed by atoms with Gasteiger partial charge in [0.1, 0.15) is 5.75 Å². The average molecular weight is 1120 g/mol. The van der Waals surface area contributed by atoms with Gasteiger partial charge in [0.2, 0.25) is 0 Å². The van der Waals surface area contributed by atoms with Crippen LogP contribution in [0.5, 0.6) is 5.75 Å². The van der Waals surface area contributed by atoms with E-state index in [-0.39, 0.29) is 23.5 Å². The zero-order valence-electron chi connectivity index (χ0n) is 33.7. The van der Waals surface area contributed by atoms with Crippen molar-refractivity contribution in [1.29, 1.82) is 0 Å². The molecule has 2 rings (SSSR count). The summed E-state index contributed by atoms with van der Waals surface area (Å²) in [7, 11) is 0. The average Bonchev–Trinajstić information content (AvgIpc) is 3.20. The lowest BCUT2D eigenvalue weighted by Crippen LogP contribution is -2.77. The lowest BCUT2D eigenvalue weighted by molar-refractivity contribution is -0.560. The van der Waals surface area contributed by atoms with E-state index < -0.39 is 102 Å². The summed E-state index contributed by atoms with van der Waals surface area (Å²) in [6.45, 7) is 1.99. The molecule has 2 aromatic rings. The number of halogens is 32. The first-order chi connectivity index (χ1) is 31.3. The smallest absolute Gasteiger partial charge is 0.454 e. The van der Waals surface area contributed by atoms with Crippen molar-refractivity contribution < 1.29 is 155 Å². The number of rotatable bonds is 26. The number of alkyl halides is 32. The molecule has 71 heavy (non-hydrogen) atoms. The van der Waals surface area contributed by atoms with E-state index in [1.54, 1.807) is 0 Å². The number of nitrogens with zero attached hydrogens (tertiary/aromatic N) is 2. The Morgan fingerprint density at radius 3 is 1.13 bits per heavy atom. The highest BCUT2D eigenvalue weighted by Gasteiger charge is 2.98. The highest BCUT2D eigenvalue weighted by molar-refractivity contribution is 5.56. The van der Waals surface area contributed by atoms with Crippen LogP contribution in [0, 0.1) is 0 Å². The second kappa shape index (κ2) is 19.6. The van der Waals surface area contributed by atoms with Crippen LogP contribution in [0.15, 0.2) is 36.7 Å². The van der Waals surface area contributed by atoms with Crippen LogP contribution in [0.2, 0.25) is 0 Å². The van der Waals surface area contributed by atoms with Crippen LogP contribution < -0.4 is 4.74 Å². The summed E-state index contributed by atoms with van der Waals surface area (Å²) in [6.07, 6.45) is -40.4. The van der Waals surface area contributed by atoms with E-state index in [1.807, 2.05) is 6.92 Å². The minimum atomic E-state index is -9.83. The summed E-state index contributed by atoms with van der Waals surface area (Å²) >= 11 is 0. The second-order valence-corrected chi connectivity index (χ2v) is 14.5. The zero-order valence-corrected chi connectivity index (χ0v) is 33.7. The molecule has 0 spiro atoms. The molecule has 0 aliphatic heterocycles. The summed E-state index contributed by atoms with van der Waals surface area (Å²) < 4.78 is 445. The Morgan fingerprint density at radius 1 is 0.408 bits per heavy atom. The fourth-order valence-electron chi connectivity index (χ4n) is 5.07. The molecule has 0 N–H and O–H groups in total. The molecule has 1 unspecified atom stereocenters. The largest absolute Gasteiger partial charge is 0.460 e.